The van der Waals surface area contributed by atoms with Crippen molar-refractivity contribution >= 4 is 0 Å². The summed E-state index contributed by atoms with van der Waals surface area (Å²) in [6.07, 6.45) is 0. The zero-order chi connectivity index (χ0) is 14.4. The molecule has 106 valence electrons. The molecule has 0 aromatic heterocycles. The number of ether oxygens (including phenoxy) is 1. The molecule has 3 heteroatoms. The lowest BCUT2D eigenvalue weighted by atomic mass is 10.1. The third-order valence-electron chi connectivity index (χ3n) is 3.28. The standard InChI is InChI=1S/C17H20FNO/c1-13(16-6-8-17(18)9-7-16)19-11-14-4-3-5-15(10-14)12-20-2/h3-10,13,19H,11-12H2,1-2H3. The van der Waals surface area contributed by atoms with Crippen molar-refractivity contribution in [1.29, 1.82) is 0 Å². The smallest absolute Gasteiger partial charge is 0.123 e. The number of hydrogen-bond donors (Lipinski definition) is 1. The van der Waals surface area contributed by atoms with E-state index in [0.717, 1.165) is 12.1 Å². The largest absolute Gasteiger partial charge is 0.380 e. The van der Waals surface area contributed by atoms with Crippen molar-refractivity contribution in [3.63, 3.8) is 0 Å². The quantitative estimate of drug-likeness (QED) is 0.864. The fourth-order valence-corrected chi connectivity index (χ4v) is 2.14. The average Bonchev–Trinajstić information content (AvgIpc) is 2.46. The van der Waals surface area contributed by atoms with Gasteiger partial charge in [0.15, 0.2) is 0 Å². The Labute approximate surface area is 119 Å². The average molecular weight is 273 g/mol. The number of benzene rings is 2. The first-order valence-electron chi connectivity index (χ1n) is 6.74. The minimum atomic E-state index is -0.201. The summed E-state index contributed by atoms with van der Waals surface area (Å²) in [5, 5.41) is 3.44. The first-order chi connectivity index (χ1) is 9.69. The SMILES string of the molecule is COCc1cccc(CNC(C)c2ccc(F)cc2)c1. The Morgan fingerprint density at radius 3 is 2.50 bits per heavy atom. The van der Waals surface area contributed by atoms with Crippen LogP contribution in [0, 0.1) is 5.82 Å². The van der Waals surface area contributed by atoms with Crippen LogP contribution in [0.4, 0.5) is 4.39 Å². The van der Waals surface area contributed by atoms with E-state index in [0.29, 0.717) is 6.61 Å². The molecule has 2 aromatic carbocycles. The number of hydrogen-bond acceptors (Lipinski definition) is 2. The van der Waals surface area contributed by atoms with Gasteiger partial charge < -0.3 is 10.1 Å². The van der Waals surface area contributed by atoms with E-state index < -0.39 is 0 Å². The predicted octanol–water partition coefficient (Wildman–Crippen LogP) is 3.82. The number of halogens is 1. The molecule has 0 heterocycles. The fourth-order valence-electron chi connectivity index (χ4n) is 2.14. The number of nitrogens with one attached hydrogen (secondary N) is 1. The van der Waals surface area contributed by atoms with Gasteiger partial charge in [-0.05, 0) is 35.7 Å². The minimum Gasteiger partial charge on any atom is -0.380 e. The lowest BCUT2D eigenvalue weighted by Gasteiger charge is -2.14. The zero-order valence-electron chi connectivity index (χ0n) is 11.9. The van der Waals surface area contributed by atoms with E-state index in [9.17, 15) is 4.39 Å². The van der Waals surface area contributed by atoms with E-state index in [-0.39, 0.29) is 11.9 Å². The van der Waals surface area contributed by atoms with Crippen LogP contribution in [0.25, 0.3) is 0 Å². The van der Waals surface area contributed by atoms with E-state index in [2.05, 4.69) is 30.4 Å². The van der Waals surface area contributed by atoms with Gasteiger partial charge in [0.2, 0.25) is 0 Å². The summed E-state index contributed by atoms with van der Waals surface area (Å²) in [4.78, 5) is 0. The van der Waals surface area contributed by atoms with Crippen molar-refractivity contribution in [2.75, 3.05) is 7.11 Å². The number of methoxy groups -OCH3 is 1. The second-order valence-electron chi connectivity index (χ2n) is 4.91. The van der Waals surface area contributed by atoms with Crippen LogP contribution in [0.1, 0.15) is 29.7 Å². The molecule has 0 radical (unpaired) electrons. The topological polar surface area (TPSA) is 21.3 Å². The Kier molecular flexibility index (Phi) is 5.27. The molecule has 0 spiro atoms. The predicted molar refractivity (Wildman–Crippen MR) is 78.8 cm³/mol. The highest BCUT2D eigenvalue weighted by Crippen LogP contribution is 2.14. The van der Waals surface area contributed by atoms with Crippen LogP contribution >= 0.6 is 0 Å². The van der Waals surface area contributed by atoms with Crippen LogP contribution in [-0.2, 0) is 17.9 Å². The first kappa shape index (κ1) is 14.7. The Morgan fingerprint density at radius 2 is 1.80 bits per heavy atom. The molecule has 1 unspecified atom stereocenters. The summed E-state index contributed by atoms with van der Waals surface area (Å²) in [5.41, 5.74) is 3.47. The van der Waals surface area contributed by atoms with Crippen molar-refractivity contribution in [1.82, 2.24) is 5.32 Å². The van der Waals surface area contributed by atoms with E-state index in [1.165, 1.54) is 23.3 Å². The van der Waals surface area contributed by atoms with Gasteiger partial charge in [0.25, 0.3) is 0 Å². The van der Waals surface area contributed by atoms with Crippen LogP contribution in [0.2, 0.25) is 0 Å². The molecule has 0 fully saturated rings. The summed E-state index contributed by atoms with van der Waals surface area (Å²) < 4.78 is 18.0. The highest BCUT2D eigenvalue weighted by atomic mass is 19.1. The van der Waals surface area contributed by atoms with Gasteiger partial charge in [0.05, 0.1) is 6.61 Å². The third-order valence-corrected chi connectivity index (χ3v) is 3.28. The van der Waals surface area contributed by atoms with Gasteiger partial charge in [-0.1, -0.05) is 36.4 Å². The minimum absolute atomic E-state index is 0.182. The summed E-state index contributed by atoms with van der Waals surface area (Å²) in [6, 6.07) is 15.1. The molecule has 1 N–H and O–H groups in total. The molecule has 0 aliphatic rings. The van der Waals surface area contributed by atoms with Crippen LogP contribution in [0.15, 0.2) is 48.5 Å². The van der Waals surface area contributed by atoms with E-state index in [1.54, 1.807) is 7.11 Å². The molecule has 20 heavy (non-hydrogen) atoms. The second-order valence-corrected chi connectivity index (χ2v) is 4.91. The molecule has 0 saturated heterocycles. The Balaban J connectivity index is 1.94. The van der Waals surface area contributed by atoms with Crippen LogP contribution < -0.4 is 5.32 Å². The molecular weight excluding hydrogens is 253 g/mol. The third kappa shape index (κ3) is 4.15. The van der Waals surface area contributed by atoms with Gasteiger partial charge in [-0.15, -0.1) is 0 Å². The van der Waals surface area contributed by atoms with E-state index >= 15 is 0 Å². The molecule has 0 aliphatic carbocycles. The summed E-state index contributed by atoms with van der Waals surface area (Å²) in [6.45, 7) is 3.48. The molecule has 2 aromatic rings. The van der Waals surface area contributed by atoms with E-state index in [1.807, 2.05) is 18.2 Å². The molecule has 0 bridgehead atoms. The monoisotopic (exact) mass is 273 g/mol. The number of rotatable bonds is 6. The highest BCUT2D eigenvalue weighted by Gasteiger charge is 2.05. The van der Waals surface area contributed by atoms with Crippen molar-refractivity contribution in [2.45, 2.75) is 26.1 Å². The molecule has 2 nitrogen and oxygen atoms in total. The Bertz CT molecular complexity index is 539. The fraction of sp³-hybridized carbons (Fsp3) is 0.294. The Hall–Kier alpha value is -1.71. The molecule has 1 atom stereocenters. The maximum absolute atomic E-state index is 12.9. The lowest BCUT2D eigenvalue weighted by Crippen LogP contribution is -2.18. The molecule has 0 saturated carbocycles. The van der Waals surface area contributed by atoms with Crippen LogP contribution in [-0.4, -0.2) is 7.11 Å². The first-order valence-corrected chi connectivity index (χ1v) is 6.74. The van der Waals surface area contributed by atoms with E-state index in [4.69, 9.17) is 4.74 Å². The highest BCUT2D eigenvalue weighted by molar-refractivity contribution is 5.24. The van der Waals surface area contributed by atoms with Gasteiger partial charge in [-0.25, -0.2) is 4.39 Å². The maximum Gasteiger partial charge on any atom is 0.123 e. The van der Waals surface area contributed by atoms with Gasteiger partial charge in [-0.3, -0.25) is 0 Å². The molecular formula is C17H20FNO. The summed E-state index contributed by atoms with van der Waals surface area (Å²) in [7, 11) is 1.70. The molecule has 2 rings (SSSR count). The summed E-state index contributed by atoms with van der Waals surface area (Å²) in [5.74, 6) is -0.201. The van der Waals surface area contributed by atoms with Crippen LogP contribution in [0.5, 0.6) is 0 Å². The lowest BCUT2D eigenvalue weighted by molar-refractivity contribution is 0.185. The van der Waals surface area contributed by atoms with Gasteiger partial charge >= 0.3 is 0 Å². The Morgan fingerprint density at radius 1 is 1.10 bits per heavy atom. The van der Waals surface area contributed by atoms with Crippen molar-refractivity contribution in [3.8, 4) is 0 Å². The van der Waals surface area contributed by atoms with Crippen molar-refractivity contribution in [3.05, 3.63) is 71.0 Å². The molecule has 0 aliphatic heterocycles. The maximum atomic E-state index is 12.9. The second kappa shape index (κ2) is 7.17. The molecule has 0 amide bonds. The normalized spacial score (nSPS) is 12.3. The van der Waals surface area contributed by atoms with Crippen LogP contribution in [0.3, 0.4) is 0 Å². The van der Waals surface area contributed by atoms with Gasteiger partial charge in [-0.2, -0.15) is 0 Å². The zero-order valence-corrected chi connectivity index (χ0v) is 11.9. The van der Waals surface area contributed by atoms with Crippen molar-refractivity contribution < 1.29 is 9.13 Å². The van der Waals surface area contributed by atoms with Crippen molar-refractivity contribution in [2.24, 2.45) is 0 Å². The van der Waals surface area contributed by atoms with Gasteiger partial charge in [0.1, 0.15) is 5.82 Å². The summed E-state index contributed by atoms with van der Waals surface area (Å²) >= 11 is 0. The van der Waals surface area contributed by atoms with Gasteiger partial charge in [0, 0.05) is 19.7 Å².